The van der Waals surface area contributed by atoms with Gasteiger partial charge in [0.25, 0.3) is 0 Å². The Morgan fingerprint density at radius 1 is 1.33 bits per heavy atom. The second-order valence-electron chi connectivity index (χ2n) is 8.35. The summed E-state index contributed by atoms with van der Waals surface area (Å²) in [6.45, 7) is 6.85. The first-order valence-electron chi connectivity index (χ1n) is 10.4. The van der Waals surface area contributed by atoms with E-state index >= 15 is 0 Å². The molecule has 4 heterocycles. The molecule has 0 amide bonds. The van der Waals surface area contributed by atoms with E-state index in [4.69, 9.17) is 26.7 Å². The maximum Gasteiger partial charge on any atom is 0.154 e. The Balaban J connectivity index is 1.49. The lowest BCUT2D eigenvalue weighted by molar-refractivity contribution is 0.118. The maximum absolute atomic E-state index is 7.94. The zero-order chi connectivity index (χ0) is 20.9. The summed E-state index contributed by atoms with van der Waals surface area (Å²) in [4.78, 5) is 11.8. The molecule has 0 aliphatic carbocycles. The average molecular weight is 439 g/mol. The Hall–Kier alpha value is -2.22. The smallest absolute Gasteiger partial charge is 0.154 e. The first-order valence-corrected chi connectivity index (χ1v) is 12.4. The highest BCUT2D eigenvalue weighted by Gasteiger charge is 2.50. The van der Waals surface area contributed by atoms with Gasteiger partial charge in [-0.15, -0.1) is 0 Å². The van der Waals surface area contributed by atoms with Gasteiger partial charge in [0, 0.05) is 23.7 Å². The van der Waals surface area contributed by atoms with Crippen LogP contribution in [0.5, 0.6) is 0 Å². The van der Waals surface area contributed by atoms with E-state index in [1.54, 1.807) is 5.84 Å². The Morgan fingerprint density at radius 2 is 2.13 bits per heavy atom. The van der Waals surface area contributed by atoms with E-state index in [1.165, 1.54) is 0 Å². The molecular formula is C22H25ClN5OSi. The molecule has 155 valence electrons. The Morgan fingerprint density at radius 3 is 2.87 bits per heavy atom. The van der Waals surface area contributed by atoms with Gasteiger partial charge in [0.1, 0.15) is 14.3 Å². The number of hydrogen-bond donors (Lipinski definition) is 1. The topological polar surface area (TPSA) is 66.5 Å². The third kappa shape index (κ3) is 3.07. The van der Waals surface area contributed by atoms with E-state index < -0.39 is 8.80 Å². The number of nitrogens with zero attached hydrogens (tertiary/aromatic N) is 4. The molecule has 3 aromatic rings. The van der Waals surface area contributed by atoms with E-state index in [-0.39, 0.29) is 10.8 Å². The van der Waals surface area contributed by atoms with Crippen LogP contribution in [-0.2, 0) is 4.74 Å². The van der Waals surface area contributed by atoms with Crippen LogP contribution in [0.2, 0.25) is 10.1 Å². The molecule has 0 bridgehead atoms. The van der Waals surface area contributed by atoms with Crippen LogP contribution in [0.1, 0.15) is 25.5 Å². The second kappa shape index (κ2) is 7.48. The molecule has 8 heteroatoms. The largest absolute Gasteiger partial charge is 0.381 e. The summed E-state index contributed by atoms with van der Waals surface area (Å²) in [5.41, 5.74) is 4.27. The molecule has 2 saturated heterocycles. The first-order chi connectivity index (χ1) is 14.5. The van der Waals surface area contributed by atoms with Crippen LogP contribution >= 0.6 is 11.6 Å². The van der Waals surface area contributed by atoms with E-state index in [0.29, 0.717) is 5.02 Å². The molecule has 1 N–H and O–H groups in total. The summed E-state index contributed by atoms with van der Waals surface area (Å²) in [6, 6.07) is 7.87. The third-order valence-electron chi connectivity index (χ3n) is 6.66. The summed E-state index contributed by atoms with van der Waals surface area (Å²) in [7, 11) is -0.937. The molecule has 2 aliphatic rings. The van der Waals surface area contributed by atoms with Gasteiger partial charge in [-0.05, 0) is 49.7 Å². The van der Waals surface area contributed by atoms with Gasteiger partial charge >= 0.3 is 0 Å². The van der Waals surface area contributed by atoms with Crippen LogP contribution in [0.4, 0.5) is 5.82 Å². The number of ether oxygens (including phenoxy) is 1. The number of piperidine rings is 1. The molecule has 2 aromatic heterocycles. The van der Waals surface area contributed by atoms with E-state index in [1.807, 2.05) is 37.6 Å². The molecule has 0 unspecified atom stereocenters. The van der Waals surface area contributed by atoms with Crippen LogP contribution in [0.15, 0.2) is 36.8 Å². The van der Waals surface area contributed by atoms with Gasteiger partial charge < -0.3 is 15.0 Å². The van der Waals surface area contributed by atoms with Crippen molar-refractivity contribution in [3.8, 4) is 11.3 Å². The number of benzene rings is 1. The molecule has 1 spiro atoms. The van der Waals surface area contributed by atoms with Crippen LogP contribution in [-0.4, -0.2) is 54.4 Å². The minimum absolute atomic E-state index is 0.189. The number of fused-ring (bicyclic) bond motifs is 1. The van der Waals surface area contributed by atoms with Crippen molar-refractivity contribution in [3.63, 3.8) is 0 Å². The van der Waals surface area contributed by atoms with Crippen molar-refractivity contribution in [2.45, 2.75) is 37.5 Å². The lowest BCUT2D eigenvalue weighted by atomic mass is 9.96. The third-order valence-corrected chi connectivity index (χ3v) is 10.1. The molecule has 0 saturated carbocycles. The number of rotatable bonds is 3. The highest BCUT2D eigenvalue weighted by atomic mass is 35.5. The van der Waals surface area contributed by atoms with Crippen LogP contribution in [0.25, 0.3) is 16.8 Å². The quantitative estimate of drug-likeness (QED) is 0.488. The molecule has 1 aromatic carbocycles. The standard InChI is InChI=1S/C22H25ClN5OSi/c1-15-20(17-4-3-5-18(23)10-17)28-14-25-11-19(28)21(26-15)27-8-6-22(7-9-27)12-29-16(2)30(22)13-24/h3-5,10-11,13-14,16,24H,6-9,12H2,1-2H3/t16-/m1/s1. The van der Waals surface area contributed by atoms with Crippen LogP contribution < -0.4 is 4.90 Å². The first kappa shape index (κ1) is 19.7. The average Bonchev–Trinajstić information content (AvgIpc) is 3.33. The Bertz CT molecular complexity index is 1110. The zero-order valence-corrected chi connectivity index (χ0v) is 19.0. The van der Waals surface area contributed by atoms with Gasteiger partial charge in [-0.1, -0.05) is 23.7 Å². The molecule has 1 atom stereocenters. The van der Waals surface area contributed by atoms with Crippen LogP contribution in [0, 0.1) is 12.3 Å². The van der Waals surface area contributed by atoms with E-state index in [9.17, 15) is 0 Å². The number of aryl methyl sites for hydroxylation is 1. The fourth-order valence-electron chi connectivity index (χ4n) is 5.04. The lowest BCUT2D eigenvalue weighted by Crippen LogP contribution is -2.46. The molecular weight excluding hydrogens is 414 g/mol. The molecule has 30 heavy (non-hydrogen) atoms. The number of imidazole rings is 1. The molecule has 6 nitrogen and oxygen atoms in total. The van der Waals surface area contributed by atoms with Crippen molar-refractivity contribution in [1.82, 2.24) is 14.4 Å². The van der Waals surface area contributed by atoms with Gasteiger partial charge in [-0.2, -0.15) is 0 Å². The number of aromatic nitrogens is 3. The molecule has 5 rings (SSSR count). The normalized spacial score (nSPS) is 21.6. The number of hydrogen-bond acceptors (Lipinski definition) is 5. The minimum atomic E-state index is -0.937. The predicted molar refractivity (Wildman–Crippen MR) is 122 cm³/mol. The zero-order valence-electron chi connectivity index (χ0n) is 17.2. The van der Waals surface area contributed by atoms with Crippen molar-refractivity contribution in [3.05, 3.63) is 47.5 Å². The number of halogens is 1. The second-order valence-corrected chi connectivity index (χ2v) is 11.9. The molecule has 2 fully saturated rings. The van der Waals surface area contributed by atoms with E-state index in [2.05, 4.69) is 27.3 Å². The van der Waals surface area contributed by atoms with Gasteiger partial charge in [0.2, 0.25) is 0 Å². The Labute approximate surface area is 183 Å². The minimum Gasteiger partial charge on any atom is -0.381 e. The summed E-state index contributed by atoms with van der Waals surface area (Å²) in [6.07, 6.45) is 5.86. The van der Waals surface area contributed by atoms with Crippen LogP contribution in [0.3, 0.4) is 0 Å². The number of nitrogens with one attached hydrogen (secondary N) is 1. The highest BCUT2D eigenvalue weighted by molar-refractivity contribution is 6.88. The maximum atomic E-state index is 7.94. The predicted octanol–water partition coefficient (Wildman–Crippen LogP) is 4.34. The highest BCUT2D eigenvalue weighted by Crippen LogP contribution is 2.48. The molecule has 1 radical (unpaired) electrons. The van der Waals surface area contributed by atoms with Gasteiger partial charge in [0.05, 0.1) is 36.2 Å². The van der Waals surface area contributed by atoms with Crippen molar-refractivity contribution in [2.24, 2.45) is 0 Å². The summed E-state index contributed by atoms with van der Waals surface area (Å²) >= 11 is 6.24. The van der Waals surface area contributed by atoms with Crippen molar-refractivity contribution < 1.29 is 4.74 Å². The SMILES string of the molecule is Cc1nc(N2CCC3(CC2)CO[C@@H](C)[Si]3C=N)c2cncn2c1-c1cccc(Cl)c1. The van der Waals surface area contributed by atoms with Crippen molar-refractivity contribution in [2.75, 3.05) is 24.6 Å². The van der Waals surface area contributed by atoms with Gasteiger partial charge in [-0.25, -0.2) is 9.97 Å². The summed E-state index contributed by atoms with van der Waals surface area (Å²) in [5.74, 6) is 2.69. The lowest BCUT2D eigenvalue weighted by Gasteiger charge is -2.41. The van der Waals surface area contributed by atoms with Crippen molar-refractivity contribution >= 4 is 37.6 Å². The van der Waals surface area contributed by atoms with Gasteiger partial charge in [-0.3, -0.25) is 4.40 Å². The van der Waals surface area contributed by atoms with Crippen molar-refractivity contribution in [1.29, 1.82) is 5.41 Å². The summed E-state index contributed by atoms with van der Waals surface area (Å²) in [5, 5.41) is 8.83. The monoisotopic (exact) mass is 438 g/mol. The summed E-state index contributed by atoms with van der Waals surface area (Å²) < 4.78 is 8.10. The molecule has 2 aliphatic heterocycles. The van der Waals surface area contributed by atoms with E-state index in [0.717, 1.165) is 60.8 Å². The Kier molecular flexibility index (Phi) is 4.92. The fourth-order valence-corrected chi connectivity index (χ4v) is 7.94. The fraction of sp³-hybridized carbons (Fsp3) is 0.409. The number of anilines is 1. The van der Waals surface area contributed by atoms with Gasteiger partial charge in [0.15, 0.2) is 5.82 Å².